The predicted molar refractivity (Wildman–Crippen MR) is 77.7 cm³/mol. The molecule has 0 aliphatic carbocycles. The van der Waals surface area contributed by atoms with Gasteiger partial charge in [-0.25, -0.2) is 9.97 Å². The molecule has 0 fully saturated rings. The molecule has 4 heteroatoms. The van der Waals surface area contributed by atoms with E-state index in [1.807, 2.05) is 52.0 Å². The van der Waals surface area contributed by atoms with Gasteiger partial charge in [0, 0.05) is 11.1 Å². The van der Waals surface area contributed by atoms with Gasteiger partial charge in [-0.2, -0.15) is 0 Å². The zero-order chi connectivity index (χ0) is 14.0. The van der Waals surface area contributed by atoms with Crippen molar-refractivity contribution >= 4 is 11.6 Å². The molecular weight excluding hydrogens is 260 g/mol. The van der Waals surface area contributed by atoms with Crippen molar-refractivity contribution in [3.05, 3.63) is 40.8 Å². The number of hydrogen-bond acceptors (Lipinski definition) is 3. The molecule has 0 amide bonds. The Morgan fingerprint density at radius 3 is 2.26 bits per heavy atom. The van der Waals surface area contributed by atoms with Crippen LogP contribution in [-0.4, -0.2) is 16.1 Å². The molecule has 0 unspecified atom stereocenters. The van der Waals surface area contributed by atoms with Crippen LogP contribution in [0.1, 0.15) is 25.2 Å². The number of aryl methyl sites for hydroxylation is 1. The van der Waals surface area contributed by atoms with Gasteiger partial charge < -0.3 is 4.74 Å². The minimum Gasteiger partial charge on any atom is -0.491 e. The van der Waals surface area contributed by atoms with Crippen molar-refractivity contribution in [2.45, 2.75) is 33.8 Å². The minimum absolute atomic E-state index is 0.170. The Hall–Kier alpha value is -1.61. The molecule has 0 saturated heterocycles. The van der Waals surface area contributed by atoms with Crippen molar-refractivity contribution in [3.63, 3.8) is 0 Å². The van der Waals surface area contributed by atoms with Crippen LogP contribution < -0.4 is 4.74 Å². The summed E-state index contributed by atoms with van der Waals surface area (Å²) in [6, 6.07) is 7.87. The van der Waals surface area contributed by atoms with E-state index in [0.717, 1.165) is 22.6 Å². The van der Waals surface area contributed by atoms with Crippen LogP contribution in [0.25, 0.3) is 11.3 Å². The van der Waals surface area contributed by atoms with Crippen molar-refractivity contribution in [2.75, 3.05) is 0 Å². The average molecular weight is 277 g/mol. The molecule has 0 saturated carbocycles. The molecule has 2 rings (SSSR count). The second kappa shape index (κ2) is 5.57. The fourth-order valence-corrected chi connectivity index (χ4v) is 2.05. The lowest BCUT2D eigenvalue weighted by atomic mass is 10.1. The zero-order valence-corrected chi connectivity index (χ0v) is 12.3. The summed E-state index contributed by atoms with van der Waals surface area (Å²) in [6.07, 6.45) is 0.170. The first-order valence-electron chi connectivity index (χ1n) is 6.25. The number of ether oxygens (including phenoxy) is 1. The Morgan fingerprint density at radius 1 is 1.05 bits per heavy atom. The molecule has 100 valence electrons. The third-order valence-electron chi connectivity index (χ3n) is 2.70. The van der Waals surface area contributed by atoms with Crippen LogP contribution in [-0.2, 0) is 0 Å². The second-order valence-corrected chi connectivity index (χ2v) is 5.08. The van der Waals surface area contributed by atoms with E-state index in [9.17, 15) is 0 Å². The van der Waals surface area contributed by atoms with Gasteiger partial charge in [0.05, 0.1) is 11.8 Å². The quantitative estimate of drug-likeness (QED) is 0.788. The zero-order valence-electron chi connectivity index (χ0n) is 11.6. The molecule has 1 aromatic heterocycles. The number of benzene rings is 1. The van der Waals surface area contributed by atoms with Gasteiger partial charge in [0.25, 0.3) is 0 Å². The Kier molecular flexibility index (Phi) is 4.05. The highest BCUT2D eigenvalue weighted by molar-refractivity contribution is 6.30. The van der Waals surface area contributed by atoms with Gasteiger partial charge in [0.2, 0.25) is 0 Å². The summed E-state index contributed by atoms with van der Waals surface area (Å²) in [6.45, 7) is 7.78. The van der Waals surface area contributed by atoms with Crippen molar-refractivity contribution in [3.8, 4) is 17.0 Å². The summed E-state index contributed by atoms with van der Waals surface area (Å²) in [4.78, 5) is 8.60. The van der Waals surface area contributed by atoms with Crippen LogP contribution in [0.4, 0.5) is 0 Å². The van der Waals surface area contributed by atoms with Crippen molar-refractivity contribution in [1.82, 2.24) is 9.97 Å². The summed E-state index contributed by atoms with van der Waals surface area (Å²) in [5.41, 5.74) is 2.78. The summed E-state index contributed by atoms with van der Waals surface area (Å²) >= 11 is 6.09. The molecule has 0 bridgehead atoms. The number of rotatable bonds is 3. The predicted octanol–water partition coefficient (Wildman–Crippen LogP) is 4.20. The van der Waals surface area contributed by atoms with E-state index in [-0.39, 0.29) is 6.10 Å². The smallest absolute Gasteiger partial charge is 0.136 e. The summed E-state index contributed by atoms with van der Waals surface area (Å²) in [5, 5.41) is 0.505. The van der Waals surface area contributed by atoms with Crippen LogP contribution in [0.15, 0.2) is 24.3 Å². The first-order chi connectivity index (χ1) is 8.97. The molecule has 0 aliphatic rings. The SMILES string of the molecule is Cc1nc(Cl)c(C)c(-c2ccc(OC(C)C)cc2)n1. The third kappa shape index (κ3) is 3.24. The fourth-order valence-electron chi connectivity index (χ4n) is 1.84. The maximum absolute atomic E-state index is 6.09. The fraction of sp³-hybridized carbons (Fsp3) is 0.333. The van der Waals surface area contributed by atoms with Gasteiger partial charge >= 0.3 is 0 Å². The first kappa shape index (κ1) is 13.8. The Morgan fingerprint density at radius 2 is 1.68 bits per heavy atom. The first-order valence-corrected chi connectivity index (χ1v) is 6.63. The highest BCUT2D eigenvalue weighted by Crippen LogP contribution is 2.27. The lowest BCUT2D eigenvalue weighted by molar-refractivity contribution is 0.242. The topological polar surface area (TPSA) is 35.0 Å². The van der Waals surface area contributed by atoms with E-state index < -0.39 is 0 Å². The molecule has 2 aromatic rings. The van der Waals surface area contributed by atoms with Crippen LogP contribution in [0.2, 0.25) is 5.15 Å². The number of nitrogens with zero attached hydrogens (tertiary/aromatic N) is 2. The molecule has 0 radical (unpaired) electrons. The molecule has 19 heavy (non-hydrogen) atoms. The lowest BCUT2D eigenvalue weighted by Gasteiger charge is -2.11. The van der Waals surface area contributed by atoms with E-state index in [1.54, 1.807) is 0 Å². The van der Waals surface area contributed by atoms with E-state index in [4.69, 9.17) is 16.3 Å². The van der Waals surface area contributed by atoms with Crippen LogP contribution in [0, 0.1) is 13.8 Å². The van der Waals surface area contributed by atoms with Crippen molar-refractivity contribution < 1.29 is 4.74 Å². The Bertz CT molecular complexity index is 579. The van der Waals surface area contributed by atoms with Crippen LogP contribution in [0.3, 0.4) is 0 Å². The highest BCUT2D eigenvalue weighted by atomic mass is 35.5. The molecule has 0 atom stereocenters. The van der Waals surface area contributed by atoms with Crippen molar-refractivity contribution in [2.24, 2.45) is 0 Å². The molecular formula is C15H17ClN2O. The number of aromatic nitrogens is 2. The van der Waals surface area contributed by atoms with Gasteiger partial charge in [-0.1, -0.05) is 11.6 Å². The summed E-state index contributed by atoms with van der Waals surface area (Å²) in [7, 11) is 0. The molecule has 0 N–H and O–H groups in total. The molecule has 1 aromatic carbocycles. The average Bonchev–Trinajstić information content (AvgIpc) is 2.34. The molecule has 0 aliphatic heterocycles. The maximum atomic E-state index is 6.09. The Balaban J connectivity index is 2.37. The highest BCUT2D eigenvalue weighted by Gasteiger charge is 2.09. The van der Waals surface area contributed by atoms with Gasteiger partial charge in [-0.05, 0) is 52.0 Å². The van der Waals surface area contributed by atoms with Gasteiger partial charge in [0.15, 0.2) is 0 Å². The lowest BCUT2D eigenvalue weighted by Crippen LogP contribution is -2.05. The Labute approximate surface area is 118 Å². The molecule has 0 spiro atoms. The molecule has 1 heterocycles. The van der Waals surface area contributed by atoms with Crippen molar-refractivity contribution in [1.29, 1.82) is 0 Å². The normalized spacial score (nSPS) is 10.8. The van der Waals surface area contributed by atoms with E-state index >= 15 is 0 Å². The number of halogens is 1. The van der Waals surface area contributed by atoms with Crippen LogP contribution >= 0.6 is 11.6 Å². The number of hydrogen-bond donors (Lipinski definition) is 0. The maximum Gasteiger partial charge on any atom is 0.136 e. The van der Waals surface area contributed by atoms with E-state index in [1.165, 1.54) is 0 Å². The largest absolute Gasteiger partial charge is 0.491 e. The monoisotopic (exact) mass is 276 g/mol. The van der Waals surface area contributed by atoms with Gasteiger partial charge in [-0.15, -0.1) is 0 Å². The van der Waals surface area contributed by atoms with Crippen LogP contribution in [0.5, 0.6) is 5.75 Å². The van der Waals surface area contributed by atoms with E-state index in [2.05, 4.69) is 9.97 Å². The van der Waals surface area contributed by atoms with Gasteiger partial charge in [-0.3, -0.25) is 0 Å². The second-order valence-electron chi connectivity index (χ2n) is 4.73. The summed E-state index contributed by atoms with van der Waals surface area (Å²) < 4.78 is 5.62. The third-order valence-corrected chi connectivity index (χ3v) is 3.07. The minimum atomic E-state index is 0.170. The van der Waals surface area contributed by atoms with Gasteiger partial charge in [0.1, 0.15) is 16.7 Å². The molecule has 3 nitrogen and oxygen atoms in total. The van der Waals surface area contributed by atoms with E-state index in [0.29, 0.717) is 11.0 Å². The summed E-state index contributed by atoms with van der Waals surface area (Å²) in [5.74, 6) is 1.53. The standard InChI is InChI=1S/C15H17ClN2O/c1-9(2)19-13-7-5-12(6-8-13)14-10(3)15(16)18-11(4)17-14/h5-9H,1-4H3.